The van der Waals surface area contributed by atoms with Crippen LogP contribution in [-0.4, -0.2) is 195 Å². The van der Waals surface area contributed by atoms with Gasteiger partial charge in [0, 0.05) is 104 Å². The third kappa shape index (κ3) is 18.5. The van der Waals surface area contributed by atoms with Crippen molar-refractivity contribution >= 4 is 75.2 Å². The largest absolute Gasteiger partial charge is 0.493 e. The van der Waals surface area contributed by atoms with Gasteiger partial charge in [-0.05, 0) is 98.7 Å². The third-order valence-corrected chi connectivity index (χ3v) is 16.1. The summed E-state index contributed by atoms with van der Waals surface area (Å²) >= 11 is 6.08. The van der Waals surface area contributed by atoms with Gasteiger partial charge in [-0.25, -0.2) is 15.0 Å². The summed E-state index contributed by atoms with van der Waals surface area (Å²) in [6.45, 7) is 5.09. The molecule has 8 N–H and O–H groups in total. The number of fused-ring (bicyclic) bond motifs is 2. The second-order valence-corrected chi connectivity index (χ2v) is 22.9. The molecule has 98 heavy (non-hydrogen) atoms. The highest BCUT2D eigenvalue weighted by Crippen LogP contribution is 2.41. The number of rotatable bonds is 20. The van der Waals surface area contributed by atoms with Gasteiger partial charge < -0.3 is 94.6 Å². The summed E-state index contributed by atoms with van der Waals surface area (Å²) < 4.78 is 53.7. The summed E-state index contributed by atoms with van der Waals surface area (Å²) in [5.41, 5.74) is 24.1. The van der Waals surface area contributed by atoms with Crippen LogP contribution in [-0.2, 0) is 27.3 Å². The lowest BCUT2D eigenvalue weighted by molar-refractivity contribution is -0.141. The second-order valence-electron chi connectivity index (χ2n) is 22.5. The van der Waals surface area contributed by atoms with Crippen LogP contribution in [0.15, 0.2) is 120 Å². The fourth-order valence-electron chi connectivity index (χ4n) is 10.6. The van der Waals surface area contributed by atoms with E-state index in [-0.39, 0.29) is 23.9 Å². The van der Waals surface area contributed by atoms with Gasteiger partial charge in [0.1, 0.15) is 30.1 Å². The number of aliphatic imine (C=N–C) groups is 1. The Morgan fingerprint density at radius 1 is 0.704 bits per heavy atom. The molecule has 2 aromatic heterocycles. The predicted molar refractivity (Wildman–Crippen MR) is 375 cm³/mol. The summed E-state index contributed by atoms with van der Waals surface area (Å²) in [6, 6.07) is 32.8. The summed E-state index contributed by atoms with van der Waals surface area (Å²) in [5.74, 6) is 5.87. The van der Waals surface area contributed by atoms with Gasteiger partial charge in [0.2, 0.25) is 29.6 Å². The van der Waals surface area contributed by atoms with Crippen LogP contribution in [0.2, 0.25) is 5.02 Å². The number of hydrogen-bond donors (Lipinski definition) is 5. The molecule has 3 aliphatic heterocycles. The highest BCUT2D eigenvalue weighted by Gasteiger charge is 2.32. The fourth-order valence-corrected chi connectivity index (χ4v) is 10.8. The predicted octanol–water partition coefficient (Wildman–Crippen LogP) is 7.37. The number of hydrogen-bond acceptors (Lipinski definition) is 24. The highest BCUT2D eigenvalue weighted by atomic mass is 35.5. The number of carbonyl (C=O) groups excluding carboxylic acids is 3. The number of nitrogens with zero attached hydrogens (tertiary/aromatic N) is 9. The van der Waals surface area contributed by atoms with Crippen molar-refractivity contribution in [3.63, 3.8) is 0 Å². The first-order valence-electron chi connectivity index (χ1n) is 31.1. The van der Waals surface area contributed by atoms with Crippen molar-refractivity contribution in [3.05, 3.63) is 154 Å². The van der Waals surface area contributed by atoms with E-state index < -0.39 is 12.1 Å². The van der Waals surface area contributed by atoms with Crippen molar-refractivity contribution in [2.24, 2.45) is 4.99 Å². The smallest absolute Gasteiger partial charge is 0.278 e. The highest BCUT2D eigenvalue weighted by molar-refractivity contribution is 6.32. The molecule has 3 aliphatic rings. The molecular weight excluding hydrogens is 1280 g/mol. The minimum Gasteiger partial charge on any atom is -0.493 e. The van der Waals surface area contributed by atoms with Crippen LogP contribution in [0.1, 0.15) is 51.0 Å². The van der Waals surface area contributed by atoms with Gasteiger partial charge >= 0.3 is 0 Å². The van der Waals surface area contributed by atoms with Crippen molar-refractivity contribution in [2.75, 3.05) is 151 Å². The zero-order valence-electron chi connectivity index (χ0n) is 56.8. The van der Waals surface area contributed by atoms with Crippen LogP contribution in [0.5, 0.6) is 51.7 Å². The van der Waals surface area contributed by atoms with E-state index in [4.69, 9.17) is 76.2 Å². The molecule has 27 nitrogen and oxygen atoms in total. The summed E-state index contributed by atoms with van der Waals surface area (Å²) in [5, 5.41) is 14.2. The van der Waals surface area contributed by atoms with Crippen LogP contribution in [0, 0.1) is 0 Å². The van der Waals surface area contributed by atoms with Crippen molar-refractivity contribution in [2.45, 2.75) is 38.1 Å². The maximum Gasteiger partial charge on any atom is 0.278 e. The number of halogens is 1. The van der Waals surface area contributed by atoms with Gasteiger partial charge in [-0.2, -0.15) is 9.97 Å². The number of carbonyl (C=O) groups is 3. The molecule has 0 aliphatic carbocycles. The van der Waals surface area contributed by atoms with E-state index in [0.717, 1.165) is 53.0 Å². The Balaban J connectivity index is 0.000000168. The first-order valence-corrected chi connectivity index (χ1v) is 31.5. The lowest BCUT2D eigenvalue weighted by Gasteiger charge is -2.35. The molecule has 2 fully saturated rings. The zero-order valence-corrected chi connectivity index (χ0v) is 57.5. The summed E-state index contributed by atoms with van der Waals surface area (Å²) in [4.78, 5) is 65.7. The maximum absolute atomic E-state index is 12.5. The van der Waals surface area contributed by atoms with Crippen LogP contribution >= 0.6 is 11.6 Å². The number of benzene rings is 6. The number of methoxy groups -OCH3 is 8. The van der Waals surface area contributed by atoms with E-state index in [1.807, 2.05) is 90.6 Å². The second kappa shape index (κ2) is 34.9. The number of ether oxygens (including phenoxy) is 10. The number of piperazine rings is 1. The monoisotopic (exact) mass is 1370 g/mol. The fraction of sp³-hybridized carbons (Fsp3) is 0.343. The molecule has 2 atom stereocenters. The molecule has 3 amide bonds. The molecular formula is C70H84ClN13O14. The number of aliphatic hydroxyl groups excluding tert-OH is 1. The normalized spacial score (nSPS) is 14.7. The van der Waals surface area contributed by atoms with Gasteiger partial charge in [0.25, 0.3) is 17.7 Å². The molecule has 520 valence electrons. The minimum absolute atomic E-state index is 0.0907. The van der Waals surface area contributed by atoms with Crippen LogP contribution in [0.25, 0.3) is 10.9 Å². The van der Waals surface area contributed by atoms with Gasteiger partial charge in [0.05, 0.1) is 73.8 Å². The lowest BCUT2D eigenvalue weighted by Crippen LogP contribution is -2.51. The number of aromatic nitrogens is 4. The molecule has 2 saturated heterocycles. The number of amides is 3. The van der Waals surface area contributed by atoms with Gasteiger partial charge in [0.15, 0.2) is 34.5 Å². The standard InChI is InChI=1S/C21H28N2O5.C19H25N5O4.C16H13ClN2O2.C14H18N4O3/c1-23(2)10-11-28-17-8-6-15(7-9-17)14-22-21(24)16-12-18(25-3)20(27-5)19(13-16)26-4;1-26-15-10-12-13(11-16(15)27-2)21-19(22-17(12)20)24-7-5-23(6-8-24)18(25)14-4-3-9-28-14;1-19-13-8-7-11(17)9-12(13)14(18-15(20)16(19)21)10-5-3-2-4-6-10;1-19-10-5-8(6-11(20-2)12(10)21-3)4-9-7-17-14(16)18-13(9)15/h6-9,12-13H,10-11,14H2,1-5H3,(H,22,24);10-11,14H,3-9H2,1-2H3,(H2,20,21,22);2-9,15,20H,1H3;5-7H,4H2,1-3H3,(H4,15,16,17,18). The third-order valence-electron chi connectivity index (χ3n) is 15.9. The average Bonchev–Trinajstić information content (AvgIpc) is 1.45. The zero-order chi connectivity index (χ0) is 70.6. The number of nitrogen functional groups attached to an aromatic ring is 3. The van der Waals surface area contributed by atoms with Gasteiger partial charge in [-0.15, -0.1) is 0 Å². The van der Waals surface area contributed by atoms with E-state index in [1.54, 1.807) is 91.3 Å². The van der Waals surface area contributed by atoms with Gasteiger partial charge in [-0.3, -0.25) is 14.4 Å². The number of aliphatic hydroxyl groups is 1. The Bertz CT molecular complexity index is 4010. The van der Waals surface area contributed by atoms with Crippen LogP contribution < -0.4 is 74.9 Å². The Morgan fingerprint density at radius 2 is 1.32 bits per heavy atom. The van der Waals surface area contributed by atoms with Crippen LogP contribution in [0.3, 0.4) is 0 Å². The molecule has 0 spiro atoms. The number of nitrogens with one attached hydrogen (secondary N) is 1. The quantitative estimate of drug-likeness (QED) is 0.0497. The van der Waals surface area contributed by atoms with Crippen molar-refractivity contribution in [1.82, 2.24) is 35.1 Å². The topological polar surface area (TPSA) is 331 Å². The first-order chi connectivity index (χ1) is 47.2. The van der Waals surface area contributed by atoms with E-state index in [9.17, 15) is 19.5 Å². The first kappa shape index (κ1) is 73.2. The molecule has 28 heteroatoms. The molecule has 5 heterocycles. The molecule has 8 aromatic rings. The van der Waals surface area contributed by atoms with E-state index in [0.29, 0.717) is 149 Å². The Kier molecular flexibility index (Phi) is 26.1. The van der Waals surface area contributed by atoms with Gasteiger partial charge in [-0.1, -0.05) is 54.1 Å². The Hall–Kier alpha value is -10.6. The Labute approximate surface area is 574 Å². The number of nitrogens with two attached hydrogens (primary N) is 3. The molecule has 2 unspecified atom stereocenters. The Morgan fingerprint density at radius 3 is 1.89 bits per heavy atom. The maximum atomic E-state index is 12.5. The average molecular weight is 1370 g/mol. The lowest BCUT2D eigenvalue weighted by atomic mass is 10.0. The molecule has 0 saturated carbocycles. The minimum atomic E-state index is -1.42. The molecule has 0 radical (unpaired) electrons. The number of benzodiazepines with no additional fused rings is 1. The molecule has 0 bridgehead atoms. The van der Waals surface area contributed by atoms with E-state index in [1.165, 1.54) is 26.2 Å². The summed E-state index contributed by atoms with van der Waals surface area (Å²) in [6.07, 6.45) is 2.21. The van der Waals surface area contributed by atoms with E-state index >= 15 is 0 Å². The van der Waals surface area contributed by atoms with Crippen molar-refractivity contribution in [3.8, 4) is 51.7 Å². The van der Waals surface area contributed by atoms with E-state index in [2.05, 4.69) is 35.1 Å². The molecule has 6 aromatic carbocycles. The number of likely N-dealkylation sites (N-methyl/N-ethyl adjacent to an activating group) is 2. The van der Waals surface area contributed by atoms with Crippen molar-refractivity contribution in [1.29, 1.82) is 0 Å². The van der Waals surface area contributed by atoms with Crippen molar-refractivity contribution < 1.29 is 66.9 Å². The van der Waals surface area contributed by atoms with Crippen LogP contribution in [0.4, 0.5) is 29.2 Å². The summed E-state index contributed by atoms with van der Waals surface area (Å²) in [7, 11) is 18.0. The SMILES string of the molecule is CN1C(=O)C(O)N=C(c2ccccc2)c2cc(Cl)ccc21.COc1cc(C(=O)NCc2ccc(OCCN(C)C)cc2)cc(OC)c1OC.COc1cc(Cc2cnc(N)nc2N)cc(OC)c1OC.COc1cc2nc(N3CCN(C(=O)C4CCCO4)CC3)nc(N)c2cc1OC. The molecule has 11 rings (SSSR count). The number of anilines is 5.